The molecule has 19 heteroatoms. The summed E-state index contributed by atoms with van der Waals surface area (Å²) in [5.41, 5.74) is -10.4. The van der Waals surface area contributed by atoms with Crippen LogP contribution in [0.25, 0.3) is 0 Å². The normalized spacial score (nSPS) is 36.0. The summed E-state index contributed by atoms with van der Waals surface area (Å²) in [6.45, 7) is 8.69. The van der Waals surface area contributed by atoms with Crippen molar-refractivity contribution in [3.05, 3.63) is 65.5 Å². The molecule has 2 aliphatic carbocycles. The highest BCUT2D eigenvalue weighted by molar-refractivity contribution is 5.91. The topological polar surface area (TPSA) is 253 Å². The quantitative estimate of drug-likeness (QED) is 0.295. The third-order valence-corrected chi connectivity index (χ3v) is 12.4. The van der Waals surface area contributed by atoms with E-state index in [1.165, 1.54) is 56.4 Å². The van der Waals surface area contributed by atoms with Gasteiger partial charge in [0.25, 0.3) is 0 Å². The number of ether oxygens (including phenoxy) is 9. The highest BCUT2D eigenvalue weighted by atomic mass is 16.7. The van der Waals surface area contributed by atoms with Crippen molar-refractivity contribution in [3.8, 4) is 0 Å². The van der Waals surface area contributed by atoms with Gasteiger partial charge in [-0.2, -0.15) is 0 Å². The number of hydrogen-bond acceptors (Lipinski definition) is 19. The zero-order chi connectivity index (χ0) is 45.7. The van der Waals surface area contributed by atoms with E-state index in [2.05, 4.69) is 4.98 Å². The van der Waals surface area contributed by atoms with E-state index in [9.17, 15) is 43.5 Å². The van der Waals surface area contributed by atoms with Crippen LogP contribution in [0.1, 0.15) is 94.6 Å². The lowest BCUT2D eigenvalue weighted by Crippen LogP contribution is -2.89. The molecule has 0 amide bonds. The van der Waals surface area contributed by atoms with Gasteiger partial charge in [0.05, 0.1) is 28.7 Å². The van der Waals surface area contributed by atoms with Gasteiger partial charge >= 0.3 is 47.8 Å². The van der Waals surface area contributed by atoms with Crippen molar-refractivity contribution in [2.75, 3.05) is 13.2 Å². The molecule has 1 saturated heterocycles. The van der Waals surface area contributed by atoms with E-state index in [4.69, 9.17) is 42.6 Å². The summed E-state index contributed by atoms with van der Waals surface area (Å²) >= 11 is 0. The van der Waals surface area contributed by atoms with Crippen molar-refractivity contribution in [3.63, 3.8) is 0 Å². The van der Waals surface area contributed by atoms with Crippen molar-refractivity contribution in [1.82, 2.24) is 4.98 Å². The minimum absolute atomic E-state index is 0.0487. The molecule has 1 N–H and O–H groups in total. The van der Waals surface area contributed by atoms with Crippen molar-refractivity contribution in [1.29, 1.82) is 0 Å². The van der Waals surface area contributed by atoms with Gasteiger partial charge in [0.15, 0.2) is 30.0 Å². The number of nitrogens with zero attached hydrogens (tertiary/aromatic N) is 1. The van der Waals surface area contributed by atoms with Gasteiger partial charge in [-0.3, -0.25) is 33.8 Å². The number of aromatic nitrogens is 1. The first kappa shape index (κ1) is 45.6. The van der Waals surface area contributed by atoms with Crippen LogP contribution in [0.15, 0.2) is 48.7 Å². The molecule has 334 valence electrons. The van der Waals surface area contributed by atoms with Gasteiger partial charge in [0, 0.05) is 46.7 Å². The Morgan fingerprint density at radius 3 is 1.92 bits per heavy atom. The number of cyclic esters (lactones) is 1. The number of fused-ring (bicyclic) bond motifs is 5. The second kappa shape index (κ2) is 16.7. The van der Waals surface area contributed by atoms with Crippen LogP contribution >= 0.6 is 0 Å². The van der Waals surface area contributed by atoms with Gasteiger partial charge in [0.1, 0.15) is 42.0 Å². The summed E-state index contributed by atoms with van der Waals surface area (Å²) in [6.07, 6.45) is -10.8. The standard InChI is InChI=1S/C43H49NO18/c1-20-21(2)37(50)60-34-32(57-24(5)47)36(61-38(51)27-14-11-10-12-15-27)42(19-54-22(3)45)35(59-26(7)49)31(56-23(4)46)29-33(58-25(6)48)43(42,41(34,9)53)62-40(29,8)18-55-39(52)28-16-13-17-44-30(20)28/h10-17,20-21,29,31-36,53H,18-19H2,1-9H3/t20-,21+,29+,31+,32-,33+,34-,35-,36+,40+,41-,42-,43-/m1/s1. The SMILES string of the molecule is CC(=O)OC[C@]12[C@H](OC(C)=O)[C@@H](OC(C)=O)[C@H]3[C@H](OC(C)=O)[C@]14O[C@@]3(C)COC(=O)c1cccnc1[C@H](C)[C@H](C)C(=O)O[C@H]([C@@H](OC(C)=O)[C@@H]2OC(=O)c1ccccc1)[C@@]4(C)O. The van der Waals surface area contributed by atoms with E-state index in [-0.39, 0.29) is 16.8 Å². The second-order valence-electron chi connectivity index (χ2n) is 16.5. The number of aliphatic hydroxyl groups is 1. The van der Waals surface area contributed by atoms with Crippen molar-refractivity contribution < 1.29 is 86.1 Å². The summed E-state index contributed by atoms with van der Waals surface area (Å²) in [7, 11) is 0. The van der Waals surface area contributed by atoms with Crippen LogP contribution in [0.5, 0.6) is 0 Å². The number of pyridine rings is 1. The Bertz CT molecular complexity index is 2160. The third kappa shape index (κ3) is 7.43. The fraction of sp³-hybridized carbons (Fsp3) is 0.558. The molecule has 2 saturated carbocycles. The van der Waals surface area contributed by atoms with Crippen molar-refractivity contribution in [2.24, 2.45) is 17.3 Å². The Hall–Kier alpha value is -5.95. The van der Waals surface area contributed by atoms with Gasteiger partial charge < -0.3 is 47.7 Å². The monoisotopic (exact) mass is 867 g/mol. The smallest absolute Gasteiger partial charge is 0.340 e. The second-order valence-corrected chi connectivity index (χ2v) is 16.5. The maximum Gasteiger partial charge on any atom is 0.340 e. The average Bonchev–Trinajstić information content (AvgIpc) is 3.42. The first-order valence-corrected chi connectivity index (χ1v) is 19.9. The number of carbonyl (C=O) groups excluding carboxylic acids is 8. The van der Waals surface area contributed by atoms with E-state index in [0.717, 1.165) is 41.5 Å². The van der Waals surface area contributed by atoms with Crippen LogP contribution in [-0.2, 0) is 71.4 Å². The number of carbonyl (C=O) groups is 8. The maximum absolute atomic E-state index is 14.6. The molecular weight excluding hydrogens is 818 g/mol. The number of esters is 8. The van der Waals surface area contributed by atoms with Gasteiger partial charge in [-0.05, 0) is 38.1 Å². The Balaban J connectivity index is 1.81. The first-order chi connectivity index (χ1) is 29.0. The molecule has 2 aliphatic heterocycles. The Kier molecular flexibility index (Phi) is 12.3. The zero-order valence-corrected chi connectivity index (χ0v) is 35.6. The van der Waals surface area contributed by atoms with Gasteiger partial charge in [-0.25, -0.2) is 9.59 Å². The fourth-order valence-corrected chi connectivity index (χ4v) is 9.83. The number of benzene rings is 1. The highest BCUT2D eigenvalue weighted by Crippen LogP contribution is 2.70. The zero-order valence-electron chi connectivity index (χ0n) is 35.6. The van der Waals surface area contributed by atoms with E-state index < -0.39 is 138 Å². The summed E-state index contributed by atoms with van der Waals surface area (Å²) in [4.78, 5) is 114. The van der Waals surface area contributed by atoms with Gasteiger partial charge in [-0.15, -0.1) is 0 Å². The minimum atomic E-state index is -2.86. The van der Waals surface area contributed by atoms with Crippen LogP contribution in [0, 0.1) is 17.3 Å². The molecule has 2 aromatic rings. The summed E-state index contributed by atoms with van der Waals surface area (Å²) in [6, 6.07) is 10.3. The number of rotatable bonds is 8. The molecule has 1 aromatic carbocycles. The van der Waals surface area contributed by atoms with Crippen molar-refractivity contribution in [2.45, 2.75) is 122 Å². The van der Waals surface area contributed by atoms with Crippen LogP contribution in [-0.4, -0.2) is 124 Å². The van der Waals surface area contributed by atoms with E-state index in [0.29, 0.717) is 0 Å². The minimum Gasteiger partial charge on any atom is -0.465 e. The molecule has 3 fully saturated rings. The maximum atomic E-state index is 14.6. The molecule has 4 aliphatic rings. The number of hydrogen-bond donors (Lipinski definition) is 1. The average molecular weight is 868 g/mol. The Morgan fingerprint density at radius 2 is 1.32 bits per heavy atom. The van der Waals surface area contributed by atoms with E-state index in [1.807, 2.05) is 0 Å². The summed E-state index contributed by atoms with van der Waals surface area (Å²) in [5, 5.41) is 13.6. The molecule has 0 radical (unpaired) electrons. The van der Waals surface area contributed by atoms with Crippen LogP contribution in [0.2, 0.25) is 0 Å². The molecule has 1 spiro atoms. The third-order valence-electron chi connectivity index (χ3n) is 12.4. The summed E-state index contributed by atoms with van der Waals surface area (Å²) in [5.74, 6) is -11.8. The largest absolute Gasteiger partial charge is 0.465 e. The lowest BCUT2D eigenvalue weighted by atomic mass is 9.45. The lowest BCUT2D eigenvalue weighted by Gasteiger charge is -2.67. The summed E-state index contributed by atoms with van der Waals surface area (Å²) < 4.78 is 55.5. The predicted molar refractivity (Wildman–Crippen MR) is 205 cm³/mol. The molecule has 3 heterocycles. The molecule has 13 atom stereocenters. The molecule has 0 unspecified atom stereocenters. The van der Waals surface area contributed by atoms with E-state index >= 15 is 0 Å². The molecule has 19 nitrogen and oxygen atoms in total. The molecule has 1 aromatic heterocycles. The fourth-order valence-electron chi connectivity index (χ4n) is 9.83. The molecule has 6 rings (SSSR count). The molecular formula is C43H49NO18. The van der Waals surface area contributed by atoms with Crippen LogP contribution in [0.4, 0.5) is 0 Å². The molecule has 4 bridgehead atoms. The van der Waals surface area contributed by atoms with Crippen LogP contribution < -0.4 is 0 Å². The highest BCUT2D eigenvalue weighted by Gasteiger charge is 2.92. The Morgan fingerprint density at radius 1 is 0.742 bits per heavy atom. The van der Waals surface area contributed by atoms with E-state index in [1.54, 1.807) is 13.0 Å². The predicted octanol–water partition coefficient (Wildman–Crippen LogP) is 2.33. The van der Waals surface area contributed by atoms with Gasteiger partial charge in [-0.1, -0.05) is 32.0 Å². The lowest BCUT2D eigenvalue weighted by molar-refractivity contribution is -0.385. The van der Waals surface area contributed by atoms with Crippen molar-refractivity contribution >= 4 is 47.8 Å². The Labute approximate surface area is 355 Å². The van der Waals surface area contributed by atoms with Crippen LogP contribution in [0.3, 0.4) is 0 Å². The first-order valence-electron chi connectivity index (χ1n) is 19.9. The molecule has 62 heavy (non-hydrogen) atoms. The van der Waals surface area contributed by atoms with Gasteiger partial charge in [0.2, 0.25) is 0 Å².